The Morgan fingerprint density at radius 2 is 0.833 bits per heavy atom. The highest BCUT2D eigenvalue weighted by atomic mass is 16.6. The van der Waals surface area contributed by atoms with E-state index in [0.717, 1.165) is 33.4 Å². The summed E-state index contributed by atoms with van der Waals surface area (Å²) < 4.78 is 27.3. The van der Waals surface area contributed by atoms with Crippen molar-refractivity contribution >= 4 is 35.8 Å². The molecule has 0 unspecified atom stereocenters. The Balaban J connectivity index is 1.06. The Morgan fingerprint density at radius 3 is 1.30 bits per heavy atom. The number of rotatable bonds is 4. The molecule has 258 valence electrons. The lowest BCUT2D eigenvalue weighted by Gasteiger charge is -2.39. The molecule has 0 amide bonds. The molecule has 0 saturated heterocycles. The van der Waals surface area contributed by atoms with Crippen LogP contribution in [0.25, 0.3) is 11.1 Å². The summed E-state index contributed by atoms with van der Waals surface area (Å²) in [4.78, 5) is 74.7. The molecule has 0 bridgehead atoms. The maximum Gasteiger partial charge on any atom is 0.346 e. The molecule has 54 heavy (non-hydrogen) atoms. The molecule has 0 fully saturated rings. The van der Waals surface area contributed by atoms with Gasteiger partial charge in [0.05, 0.1) is 38.8 Å². The van der Waals surface area contributed by atoms with Gasteiger partial charge in [-0.15, -0.1) is 0 Å². The highest BCUT2D eigenvalue weighted by Crippen LogP contribution is 2.62. The van der Waals surface area contributed by atoms with E-state index in [2.05, 4.69) is 33.7 Å². The number of hydrogen-bond acceptors (Lipinski definition) is 11. The molecule has 6 aromatic rings. The molecule has 6 aromatic carbocycles. The molecule has 4 aliphatic rings. The lowest BCUT2D eigenvalue weighted by Crippen LogP contribution is -2.32. The van der Waals surface area contributed by atoms with Crippen molar-refractivity contribution in [1.29, 1.82) is 0 Å². The number of hydrogen-bond donors (Lipinski definition) is 0. The molecular formula is C43H20O11. The molecule has 11 heteroatoms. The number of carbonyl (C=O) groups is 6. The summed E-state index contributed by atoms with van der Waals surface area (Å²) in [6.07, 6.45) is 0. The first-order valence-electron chi connectivity index (χ1n) is 16.6. The molecule has 1 aliphatic carbocycles. The Labute approximate surface area is 304 Å². The fourth-order valence-corrected chi connectivity index (χ4v) is 7.76. The molecule has 3 aliphatic heterocycles. The third-order valence-electron chi connectivity index (χ3n) is 10.1. The van der Waals surface area contributed by atoms with Gasteiger partial charge < -0.3 is 23.7 Å². The monoisotopic (exact) mass is 712 g/mol. The molecule has 3 heterocycles. The molecule has 0 saturated carbocycles. The molecular weight excluding hydrogens is 692 g/mol. The van der Waals surface area contributed by atoms with Crippen LogP contribution >= 0.6 is 0 Å². The van der Waals surface area contributed by atoms with Crippen molar-refractivity contribution < 1.29 is 52.5 Å². The topological polar surface area (TPSA) is 149 Å². The number of carbonyl (C=O) groups excluding carboxylic acids is 6. The van der Waals surface area contributed by atoms with Crippen LogP contribution < -0.4 is 14.2 Å². The van der Waals surface area contributed by atoms with Crippen LogP contribution in [0.1, 0.15) is 84.4 Å². The largest absolute Gasteiger partial charge is 0.456 e. The van der Waals surface area contributed by atoms with E-state index in [4.69, 9.17) is 14.2 Å². The lowest BCUT2D eigenvalue weighted by atomic mass is 9.66. The number of fused-ring (bicyclic) bond motifs is 11. The number of benzene rings is 6. The first-order valence-corrected chi connectivity index (χ1v) is 16.6. The Morgan fingerprint density at radius 1 is 0.407 bits per heavy atom. The van der Waals surface area contributed by atoms with E-state index >= 15 is 0 Å². The Kier molecular flexibility index (Phi) is 6.43. The lowest BCUT2D eigenvalue weighted by molar-refractivity contribution is 0.0425. The SMILES string of the molecule is O=C(Oc1ccc2c(c1)Oc1cc(OC(=O)c3ccc4c(c3)C(=O)OC4=O)ccc1C21c2ccccc2-c2ccccc21)c1ccc2c(c1)C(=O)OC2=O. The van der Waals surface area contributed by atoms with Crippen LogP contribution in [-0.4, -0.2) is 35.8 Å². The smallest absolute Gasteiger partial charge is 0.346 e. The zero-order chi connectivity index (χ0) is 36.9. The van der Waals surface area contributed by atoms with Gasteiger partial charge in [-0.25, -0.2) is 28.8 Å². The maximum absolute atomic E-state index is 13.3. The van der Waals surface area contributed by atoms with Crippen molar-refractivity contribution in [3.63, 3.8) is 0 Å². The molecule has 1 spiro atoms. The molecule has 0 N–H and O–H groups in total. The van der Waals surface area contributed by atoms with Crippen LogP contribution in [0, 0.1) is 0 Å². The standard InChI is InChI=1S/C43H20O11/c44-37(21-9-13-27-29(17-21)41(48)53-39(27)46)50-23-11-15-33-35(19-23)52-36-20-24(51-38(45)22-10-14-28-30(18-22)42(49)54-40(28)47)12-16-34(36)43(33)31-7-3-1-5-25(31)26-6-2-4-8-32(26)43/h1-20H. The third kappa shape index (κ3) is 4.35. The predicted molar refractivity (Wildman–Crippen MR) is 186 cm³/mol. The summed E-state index contributed by atoms with van der Waals surface area (Å²) in [5, 5.41) is 0. The van der Waals surface area contributed by atoms with Gasteiger partial charge in [-0.2, -0.15) is 0 Å². The van der Waals surface area contributed by atoms with Crippen LogP contribution in [-0.2, 0) is 14.9 Å². The van der Waals surface area contributed by atoms with Crippen molar-refractivity contribution in [3.8, 4) is 34.1 Å². The van der Waals surface area contributed by atoms with Crippen LogP contribution in [0.5, 0.6) is 23.0 Å². The van der Waals surface area contributed by atoms with Crippen LogP contribution in [0.3, 0.4) is 0 Å². The molecule has 11 nitrogen and oxygen atoms in total. The second kappa shape index (κ2) is 11.2. The van der Waals surface area contributed by atoms with E-state index in [-0.39, 0.29) is 44.9 Å². The molecule has 0 aromatic heterocycles. The minimum atomic E-state index is -0.888. The summed E-state index contributed by atoms with van der Waals surface area (Å²) in [5.74, 6) is -3.76. The third-order valence-corrected chi connectivity index (χ3v) is 10.1. The fourth-order valence-electron chi connectivity index (χ4n) is 7.76. The molecule has 0 radical (unpaired) electrons. The van der Waals surface area contributed by atoms with Gasteiger partial charge in [0.15, 0.2) is 0 Å². The summed E-state index contributed by atoms with van der Waals surface area (Å²) >= 11 is 0. The summed E-state index contributed by atoms with van der Waals surface area (Å²) in [6, 6.07) is 34.3. The number of cyclic esters (lactones) is 4. The Hall–Kier alpha value is -7.66. The Bertz CT molecular complexity index is 2590. The average Bonchev–Trinajstić information content (AvgIpc) is 3.76. The first kappa shape index (κ1) is 31.1. The zero-order valence-corrected chi connectivity index (χ0v) is 27.5. The number of ether oxygens (including phenoxy) is 5. The second-order valence-corrected chi connectivity index (χ2v) is 12.9. The summed E-state index contributed by atoms with van der Waals surface area (Å²) in [5.41, 5.74) is 4.87. The minimum absolute atomic E-state index is 0.0226. The first-order chi connectivity index (χ1) is 26.2. The minimum Gasteiger partial charge on any atom is -0.456 e. The highest BCUT2D eigenvalue weighted by molar-refractivity contribution is 6.16. The van der Waals surface area contributed by atoms with Crippen molar-refractivity contribution in [1.82, 2.24) is 0 Å². The van der Waals surface area contributed by atoms with Gasteiger partial charge in [0, 0.05) is 23.3 Å². The quantitative estimate of drug-likeness (QED) is 0.103. The fraction of sp³-hybridized carbons (Fsp3) is 0.0233. The maximum atomic E-state index is 13.3. The summed E-state index contributed by atoms with van der Waals surface area (Å²) in [7, 11) is 0. The van der Waals surface area contributed by atoms with E-state index < -0.39 is 41.2 Å². The van der Waals surface area contributed by atoms with Crippen LogP contribution in [0.2, 0.25) is 0 Å². The number of esters is 6. The van der Waals surface area contributed by atoms with Gasteiger partial charge in [0.25, 0.3) is 0 Å². The van der Waals surface area contributed by atoms with Gasteiger partial charge in [-0.3, -0.25) is 0 Å². The summed E-state index contributed by atoms with van der Waals surface area (Å²) in [6.45, 7) is 0. The normalized spacial score (nSPS) is 14.8. The average molecular weight is 713 g/mol. The second-order valence-electron chi connectivity index (χ2n) is 12.9. The van der Waals surface area contributed by atoms with E-state index in [9.17, 15) is 28.8 Å². The van der Waals surface area contributed by atoms with E-state index in [1.165, 1.54) is 36.4 Å². The zero-order valence-electron chi connectivity index (χ0n) is 27.5. The highest BCUT2D eigenvalue weighted by Gasteiger charge is 2.51. The van der Waals surface area contributed by atoms with Crippen molar-refractivity contribution in [2.75, 3.05) is 0 Å². The van der Waals surface area contributed by atoms with Crippen molar-refractivity contribution in [2.45, 2.75) is 5.41 Å². The molecule has 0 atom stereocenters. The van der Waals surface area contributed by atoms with Crippen LogP contribution in [0.4, 0.5) is 0 Å². The van der Waals surface area contributed by atoms with E-state index in [1.807, 2.05) is 36.4 Å². The van der Waals surface area contributed by atoms with E-state index in [0.29, 0.717) is 11.5 Å². The molecule has 10 rings (SSSR count). The van der Waals surface area contributed by atoms with Gasteiger partial charge in [-0.1, -0.05) is 60.7 Å². The predicted octanol–water partition coefficient (Wildman–Crippen LogP) is 7.22. The van der Waals surface area contributed by atoms with Gasteiger partial charge in [0.1, 0.15) is 23.0 Å². The van der Waals surface area contributed by atoms with Crippen molar-refractivity contribution in [2.24, 2.45) is 0 Å². The van der Waals surface area contributed by atoms with Crippen molar-refractivity contribution in [3.05, 3.63) is 177 Å². The van der Waals surface area contributed by atoms with Gasteiger partial charge in [0.2, 0.25) is 0 Å². The van der Waals surface area contributed by atoms with Gasteiger partial charge in [-0.05, 0) is 70.8 Å². The van der Waals surface area contributed by atoms with Gasteiger partial charge >= 0.3 is 35.8 Å². The van der Waals surface area contributed by atoms with E-state index in [1.54, 1.807) is 24.3 Å². The van der Waals surface area contributed by atoms with Crippen LogP contribution in [0.15, 0.2) is 121 Å².